The molecule has 0 spiro atoms. The SMILES string of the molecule is Cc1ccc([C@@H](C)NC(C)c2ccco2)cc1. The maximum atomic E-state index is 5.39. The van der Waals surface area contributed by atoms with Crippen molar-refractivity contribution in [3.8, 4) is 0 Å². The van der Waals surface area contributed by atoms with Crippen LogP contribution in [0.2, 0.25) is 0 Å². The van der Waals surface area contributed by atoms with Gasteiger partial charge in [-0.25, -0.2) is 0 Å². The van der Waals surface area contributed by atoms with Gasteiger partial charge in [-0.15, -0.1) is 0 Å². The van der Waals surface area contributed by atoms with E-state index in [2.05, 4.69) is 50.4 Å². The molecule has 1 aromatic heterocycles. The van der Waals surface area contributed by atoms with E-state index in [1.807, 2.05) is 12.1 Å². The maximum Gasteiger partial charge on any atom is 0.120 e. The van der Waals surface area contributed by atoms with Crippen LogP contribution in [0.25, 0.3) is 0 Å². The van der Waals surface area contributed by atoms with Crippen molar-refractivity contribution in [2.24, 2.45) is 0 Å². The summed E-state index contributed by atoms with van der Waals surface area (Å²) in [5.41, 5.74) is 2.59. The Morgan fingerprint density at radius 2 is 1.71 bits per heavy atom. The number of rotatable bonds is 4. The number of furan rings is 1. The number of hydrogen-bond donors (Lipinski definition) is 1. The van der Waals surface area contributed by atoms with Crippen molar-refractivity contribution in [3.63, 3.8) is 0 Å². The van der Waals surface area contributed by atoms with Crippen molar-refractivity contribution in [2.45, 2.75) is 32.9 Å². The predicted molar refractivity (Wildman–Crippen MR) is 69.9 cm³/mol. The van der Waals surface area contributed by atoms with Crippen molar-refractivity contribution in [1.82, 2.24) is 5.32 Å². The smallest absolute Gasteiger partial charge is 0.120 e. The third-order valence-corrected chi connectivity index (χ3v) is 3.05. The Kier molecular flexibility index (Phi) is 3.64. The summed E-state index contributed by atoms with van der Waals surface area (Å²) in [4.78, 5) is 0. The summed E-state index contributed by atoms with van der Waals surface area (Å²) in [7, 11) is 0. The molecule has 2 atom stereocenters. The molecule has 2 heteroatoms. The van der Waals surface area contributed by atoms with Gasteiger partial charge in [-0.05, 0) is 38.5 Å². The zero-order valence-corrected chi connectivity index (χ0v) is 10.6. The van der Waals surface area contributed by atoms with Crippen molar-refractivity contribution in [2.75, 3.05) is 0 Å². The first-order chi connectivity index (χ1) is 8.16. The van der Waals surface area contributed by atoms with Gasteiger partial charge in [0.25, 0.3) is 0 Å². The third kappa shape index (κ3) is 2.98. The standard InChI is InChI=1S/C15H19NO/c1-11-6-8-14(9-7-11)12(2)16-13(3)15-5-4-10-17-15/h4-10,12-13,16H,1-3H3/t12-,13?/m1/s1. The van der Waals surface area contributed by atoms with Crippen LogP contribution in [0.15, 0.2) is 47.1 Å². The van der Waals surface area contributed by atoms with Crippen LogP contribution >= 0.6 is 0 Å². The molecule has 0 aliphatic rings. The van der Waals surface area contributed by atoms with Crippen molar-refractivity contribution >= 4 is 0 Å². The second kappa shape index (κ2) is 5.19. The van der Waals surface area contributed by atoms with E-state index in [1.165, 1.54) is 11.1 Å². The zero-order valence-electron chi connectivity index (χ0n) is 10.6. The Bertz CT molecular complexity index is 444. The molecular formula is C15H19NO. The molecule has 0 radical (unpaired) electrons. The van der Waals surface area contributed by atoms with Crippen LogP contribution in [-0.4, -0.2) is 0 Å². The van der Waals surface area contributed by atoms with Crippen LogP contribution in [0.3, 0.4) is 0 Å². The van der Waals surface area contributed by atoms with E-state index < -0.39 is 0 Å². The highest BCUT2D eigenvalue weighted by Gasteiger charge is 2.12. The molecule has 17 heavy (non-hydrogen) atoms. The third-order valence-electron chi connectivity index (χ3n) is 3.05. The average molecular weight is 229 g/mol. The molecule has 1 aromatic carbocycles. The Hall–Kier alpha value is -1.54. The van der Waals surface area contributed by atoms with Crippen LogP contribution in [0.4, 0.5) is 0 Å². The van der Waals surface area contributed by atoms with E-state index in [9.17, 15) is 0 Å². The molecule has 90 valence electrons. The highest BCUT2D eigenvalue weighted by atomic mass is 16.3. The first-order valence-corrected chi connectivity index (χ1v) is 6.03. The molecule has 2 rings (SSSR count). The van der Waals surface area contributed by atoms with Crippen LogP contribution < -0.4 is 5.32 Å². The monoisotopic (exact) mass is 229 g/mol. The lowest BCUT2D eigenvalue weighted by atomic mass is 10.1. The van der Waals surface area contributed by atoms with E-state index >= 15 is 0 Å². The number of hydrogen-bond acceptors (Lipinski definition) is 2. The maximum absolute atomic E-state index is 5.39. The lowest BCUT2D eigenvalue weighted by Crippen LogP contribution is -2.22. The fourth-order valence-corrected chi connectivity index (χ4v) is 1.95. The second-order valence-electron chi connectivity index (χ2n) is 4.54. The second-order valence-corrected chi connectivity index (χ2v) is 4.54. The van der Waals surface area contributed by atoms with Crippen LogP contribution in [0, 0.1) is 6.92 Å². The summed E-state index contributed by atoms with van der Waals surface area (Å²) in [6.45, 7) is 6.39. The van der Waals surface area contributed by atoms with Gasteiger partial charge in [0.1, 0.15) is 5.76 Å². The lowest BCUT2D eigenvalue weighted by molar-refractivity contribution is 0.403. The van der Waals surface area contributed by atoms with Gasteiger partial charge in [0.2, 0.25) is 0 Å². The van der Waals surface area contributed by atoms with Gasteiger partial charge in [-0.3, -0.25) is 0 Å². The highest BCUT2D eigenvalue weighted by Crippen LogP contribution is 2.19. The fourth-order valence-electron chi connectivity index (χ4n) is 1.95. The molecule has 0 bridgehead atoms. The summed E-state index contributed by atoms with van der Waals surface area (Å²) < 4.78 is 5.39. The largest absolute Gasteiger partial charge is 0.468 e. The summed E-state index contributed by atoms with van der Waals surface area (Å²) in [6, 6.07) is 13.1. The molecule has 0 aliphatic heterocycles. The molecule has 0 fully saturated rings. The Morgan fingerprint density at radius 3 is 2.29 bits per heavy atom. The molecular weight excluding hydrogens is 210 g/mol. The Balaban J connectivity index is 2.01. The summed E-state index contributed by atoms with van der Waals surface area (Å²) >= 11 is 0. The van der Waals surface area contributed by atoms with Gasteiger partial charge in [-0.2, -0.15) is 0 Å². The zero-order chi connectivity index (χ0) is 12.3. The fraction of sp³-hybridized carbons (Fsp3) is 0.333. The van der Waals surface area contributed by atoms with E-state index in [1.54, 1.807) is 6.26 Å². The quantitative estimate of drug-likeness (QED) is 0.857. The Morgan fingerprint density at radius 1 is 1.00 bits per heavy atom. The topological polar surface area (TPSA) is 25.2 Å². The molecule has 0 saturated carbocycles. The summed E-state index contributed by atoms with van der Waals surface area (Å²) in [5, 5.41) is 3.52. The average Bonchev–Trinajstić information content (AvgIpc) is 2.83. The molecule has 0 saturated heterocycles. The van der Waals surface area contributed by atoms with E-state index in [4.69, 9.17) is 4.42 Å². The van der Waals surface area contributed by atoms with Gasteiger partial charge < -0.3 is 9.73 Å². The molecule has 2 aromatic rings. The minimum absolute atomic E-state index is 0.223. The number of benzene rings is 1. The minimum Gasteiger partial charge on any atom is -0.468 e. The minimum atomic E-state index is 0.223. The lowest BCUT2D eigenvalue weighted by Gasteiger charge is -2.19. The van der Waals surface area contributed by atoms with Crippen molar-refractivity contribution in [1.29, 1.82) is 0 Å². The van der Waals surface area contributed by atoms with Gasteiger partial charge >= 0.3 is 0 Å². The van der Waals surface area contributed by atoms with E-state index in [0.717, 1.165) is 5.76 Å². The number of nitrogens with one attached hydrogen (secondary N) is 1. The normalized spacial score (nSPS) is 14.5. The summed E-state index contributed by atoms with van der Waals surface area (Å²) in [5.74, 6) is 0.976. The van der Waals surface area contributed by atoms with E-state index in [-0.39, 0.29) is 6.04 Å². The summed E-state index contributed by atoms with van der Waals surface area (Å²) in [6.07, 6.45) is 1.71. The molecule has 0 aliphatic carbocycles. The number of aryl methyl sites for hydroxylation is 1. The van der Waals surface area contributed by atoms with Crippen molar-refractivity contribution in [3.05, 3.63) is 59.5 Å². The van der Waals surface area contributed by atoms with Crippen molar-refractivity contribution < 1.29 is 4.42 Å². The van der Waals surface area contributed by atoms with Crippen LogP contribution in [-0.2, 0) is 0 Å². The van der Waals surface area contributed by atoms with Gasteiger partial charge in [0, 0.05) is 6.04 Å². The Labute approximate surface area is 103 Å². The van der Waals surface area contributed by atoms with Crippen LogP contribution in [0.1, 0.15) is 42.8 Å². The predicted octanol–water partition coefficient (Wildman–Crippen LogP) is 4.00. The van der Waals surface area contributed by atoms with Crippen LogP contribution in [0.5, 0.6) is 0 Å². The first kappa shape index (κ1) is 11.9. The van der Waals surface area contributed by atoms with Gasteiger partial charge in [-0.1, -0.05) is 29.8 Å². The molecule has 0 amide bonds. The molecule has 1 N–H and O–H groups in total. The molecule has 2 nitrogen and oxygen atoms in total. The highest BCUT2D eigenvalue weighted by molar-refractivity contribution is 5.24. The first-order valence-electron chi connectivity index (χ1n) is 6.03. The molecule has 1 unspecified atom stereocenters. The molecule has 1 heterocycles. The van der Waals surface area contributed by atoms with E-state index in [0.29, 0.717) is 6.04 Å². The van der Waals surface area contributed by atoms with Gasteiger partial charge in [0.05, 0.1) is 12.3 Å². The van der Waals surface area contributed by atoms with Gasteiger partial charge in [0.15, 0.2) is 0 Å².